The maximum absolute atomic E-state index is 13.6. The van der Waals surface area contributed by atoms with E-state index in [-0.39, 0.29) is 12.4 Å². The fraction of sp³-hybridized carbons (Fsp3) is 0.133. The van der Waals surface area contributed by atoms with Crippen LogP contribution in [-0.4, -0.2) is 11.5 Å². The molecule has 0 aliphatic heterocycles. The molecular formula is C15H12BrFN2S. The SMILES string of the molecule is NCC#Cc1cc(CSc2ncccc2Br)ccc1F. The minimum atomic E-state index is -0.321. The second kappa shape index (κ2) is 7.44. The summed E-state index contributed by atoms with van der Waals surface area (Å²) in [6.07, 6.45) is 1.75. The van der Waals surface area contributed by atoms with Crippen LogP contribution in [0.5, 0.6) is 0 Å². The molecule has 2 rings (SSSR count). The number of rotatable bonds is 3. The summed E-state index contributed by atoms with van der Waals surface area (Å²) in [4.78, 5) is 4.28. The molecule has 2 N–H and O–H groups in total. The molecule has 0 atom stereocenters. The number of hydrogen-bond acceptors (Lipinski definition) is 3. The molecule has 0 bridgehead atoms. The molecule has 0 amide bonds. The van der Waals surface area contributed by atoms with E-state index in [4.69, 9.17) is 5.73 Å². The topological polar surface area (TPSA) is 38.9 Å². The minimum Gasteiger partial charge on any atom is -0.320 e. The lowest BCUT2D eigenvalue weighted by atomic mass is 10.1. The molecular weight excluding hydrogens is 339 g/mol. The first-order valence-electron chi connectivity index (χ1n) is 5.91. The first-order chi connectivity index (χ1) is 9.70. The van der Waals surface area contributed by atoms with Gasteiger partial charge in [0, 0.05) is 16.4 Å². The molecule has 0 spiro atoms. The number of nitrogens with two attached hydrogens (primary N) is 1. The van der Waals surface area contributed by atoms with E-state index in [1.165, 1.54) is 6.07 Å². The van der Waals surface area contributed by atoms with Gasteiger partial charge in [0.1, 0.15) is 10.8 Å². The van der Waals surface area contributed by atoms with E-state index in [0.29, 0.717) is 11.3 Å². The molecule has 1 aromatic carbocycles. The lowest BCUT2D eigenvalue weighted by Gasteiger charge is -2.04. The number of nitrogens with zero attached hydrogens (tertiary/aromatic N) is 1. The quantitative estimate of drug-likeness (QED) is 0.679. The average Bonchev–Trinajstić information content (AvgIpc) is 2.46. The van der Waals surface area contributed by atoms with Crippen LogP contribution in [0.2, 0.25) is 0 Å². The highest BCUT2D eigenvalue weighted by Gasteiger charge is 2.05. The third-order valence-corrected chi connectivity index (χ3v) is 4.43. The fourth-order valence-electron chi connectivity index (χ4n) is 1.53. The Morgan fingerprint density at radius 3 is 2.95 bits per heavy atom. The summed E-state index contributed by atoms with van der Waals surface area (Å²) in [6, 6.07) is 8.75. The number of hydrogen-bond donors (Lipinski definition) is 1. The van der Waals surface area contributed by atoms with Crippen molar-refractivity contribution in [3.63, 3.8) is 0 Å². The van der Waals surface area contributed by atoms with E-state index in [0.717, 1.165) is 15.1 Å². The highest BCUT2D eigenvalue weighted by Crippen LogP contribution is 2.28. The standard InChI is InChI=1S/C15H12BrFN2S/c16-13-4-2-8-19-15(13)20-10-11-5-6-14(17)12(9-11)3-1-7-18/h2,4-6,8-9H,7,10,18H2. The highest BCUT2D eigenvalue weighted by atomic mass is 79.9. The zero-order valence-corrected chi connectivity index (χ0v) is 13.0. The molecule has 0 radical (unpaired) electrons. The van der Waals surface area contributed by atoms with Gasteiger partial charge in [0.05, 0.1) is 12.1 Å². The van der Waals surface area contributed by atoms with Crippen LogP contribution in [0, 0.1) is 17.7 Å². The fourth-order valence-corrected chi connectivity index (χ4v) is 2.96. The molecule has 0 aliphatic rings. The van der Waals surface area contributed by atoms with Gasteiger partial charge in [-0.05, 0) is 45.8 Å². The molecule has 0 aliphatic carbocycles. The van der Waals surface area contributed by atoms with Gasteiger partial charge in [0.15, 0.2) is 0 Å². The van der Waals surface area contributed by atoms with Gasteiger partial charge >= 0.3 is 0 Å². The van der Waals surface area contributed by atoms with Crippen molar-refractivity contribution in [3.8, 4) is 11.8 Å². The molecule has 1 aromatic heterocycles. The second-order valence-corrected chi connectivity index (χ2v) is 5.72. The molecule has 1 heterocycles. The third-order valence-electron chi connectivity index (χ3n) is 2.46. The second-order valence-electron chi connectivity index (χ2n) is 3.90. The van der Waals surface area contributed by atoms with Gasteiger partial charge in [-0.25, -0.2) is 9.37 Å². The van der Waals surface area contributed by atoms with E-state index in [9.17, 15) is 4.39 Å². The predicted molar refractivity (Wildman–Crippen MR) is 83.8 cm³/mol. The Hall–Kier alpha value is -1.35. The molecule has 5 heteroatoms. The predicted octanol–water partition coefficient (Wildman–Crippen LogP) is 3.59. The van der Waals surface area contributed by atoms with Crippen molar-refractivity contribution in [1.29, 1.82) is 0 Å². The van der Waals surface area contributed by atoms with Crippen LogP contribution >= 0.6 is 27.7 Å². The Labute approximate surface area is 130 Å². The molecule has 102 valence electrons. The third kappa shape index (κ3) is 4.07. The summed E-state index contributed by atoms with van der Waals surface area (Å²) in [5.74, 6) is 5.79. The molecule has 20 heavy (non-hydrogen) atoms. The van der Waals surface area contributed by atoms with Crippen molar-refractivity contribution >= 4 is 27.7 Å². The van der Waals surface area contributed by atoms with Crippen molar-refractivity contribution in [1.82, 2.24) is 4.98 Å². The molecule has 0 fully saturated rings. The van der Waals surface area contributed by atoms with Gasteiger partial charge in [-0.1, -0.05) is 17.9 Å². The van der Waals surface area contributed by atoms with E-state index >= 15 is 0 Å². The first kappa shape index (κ1) is 15.0. The monoisotopic (exact) mass is 350 g/mol. The maximum atomic E-state index is 13.6. The van der Waals surface area contributed by atoms with Gasteiger partial charge in [-0.15, -0.1) is 11.8 Å². The number of aromatic nitrogens is 1. The summed E-state index contributed by atoms with van der Waals surface area (Å²) in [6.45, 7) is 0.222. The zero-order chi connectivity index (χ0) is 14.4. The van der Waals surface area contributed by atoms with Gasteiger partial charge in [-0.2, -0.15) is 0 Å². The van der Waals surface area contributed by atoms with Crippen LogP contribution in [0.3, 0.4) is 0 Å². The number of pyridine rings is 1. The van der Waals surface area contributed by atoms with Gasteiger partial charge < -0.3 is 5.73 Å². The summed E-state index contributed by atoms with van der Waals surface area (Å²) in [5.41, 5.74) is 6.68. The van der Waals surface area contributed by atoms with Crippen LogP contribution in [-0.2, 0) is 5.75 Å². The van der Waals surface area contributed by atoms with Crippen LogP contribution in [0.15, 0.2) is 46.0 Å². The van der Waals surface area contributed by atoms with Crippen LogP contribution in [0.25, 0.3) is 0 Å². The van der Waals surface area contributed by atoms with E-state index in [2.05, 4.69) is 32.8 Å². The molecule has 2 nitrogen and oxygen atoms in total. The Balaban J connectivity index is 2.12. The summed E-state index contributed by atoms with van der Waals surface area (Å²) >= 11 is 5.04. The summed E-state index contributed by atoms with van der Waals surface area (Å²) in [5, 5.41) is 0.909. The molecule has 0 saturated heterocycles. The van der Waals surface area contributed by atoms with Gasteiger partial charge in [0.25, 0.3) is 0 Å². The Kier molecular flexibility index (Phi) is 5.60. The van der Waals surface area contributed by atoms with Crippen LogP contribution in [0.1, 0.15) is 11.1 Å². The zero-order valence-electron chi connectivity index (χ0n) is 10.6. The molecule has 2 aromatic rings. The number of thioether (sulfide) groups is 1. The normalized spacial score (nSPS) is 9.95. The van der Waals surface area contributed by atoms with Crippen molar-refractivity contribution in [2.24, 2.45) is 5.73 Å². The van der Waals surface area contributed by atoms with Crippen molar-refractivity contribution in [3.05, 3.63) is 57.9 Å². The van der Waals surface area contributed by atoms with Gasteiger partial charge in [0.2, 0.25) is 0 Å². The van der Waals surface area contributed by atoms with Crippen molar-refractivity contribution in [2.75, 3.05) is 6.54 Å². The lowest BCUT2D eigenvalue weighted by molar-refractivity contribution is 0.624. The van der Waals surface area contributed by atoms with E-state index < -0.39 is 0 Å². The summed E-state index contributed by atoms with van der Waals surface area (Å²) in [7, 11) is 0. The Morgan fingerprint density at radius 1 is 1.35 bits per heavy atom. The van der Waals surface area contributed by atoms with Crippen LogP contribution in [0.4, 0.5) is 4.39 Å². The maximum Gasteiger partial charge on any atom is 0.138 e. The first-order valence-corrected chi connectivity index (χ1v) is 7.69. The van der Waals surface area contributed by atoms with Crippen molar-refractivity contribution < 1.29 is 4.39 Å². The van der Waals surface area contributed by atoms with E-state index in [1.54, 1.807) is 30.1 Å². The number of halogens is 2. The smallest absolute Gasteiger partial charge is 0.138 e. The molecule has 0 unspecified atom stereocenters. The van der Waals surface area contributed by atoms with Gasteiger partial charge in [-0.3, -0.25) is 0 Å². The van der Waals surface area contributed by atoms with Crippen molar-refractivity contribution in [2.45, 2.75) is 10.8 Å². The van der Waals surface area contributed by atoms with E-state index in [1.807, 2.05) is 12.1 Å². The molecule has 0 saturated carbocycles. The highest BCUT2D eigenvalue weighted by molar-refractivity contribution is 9.10. The minimum absolute atomic E-state index is 0.222. The average molecular weight is 351 g/mol. The summed E-state index contributed by atoms with van der Waals surface area (Å²) < 4.78 is 14.5. The Bertz CT molecular complexity index is 664. The van der Waals surface area contributed by atoms with Crippen LogP contribution < -0.4 is 5.73 Å². The Morgan fingerprint density at radius 2 is 2.20 bits per heavy atom. The largest absolute Gasteiger partial charge is 0.320 e. The number of benzene rings is 1. The lowest BCUT2D eigenvalue weighted by Crippen LogP contribution is -1.94.